The number of aliphatic hydroxyl groups excluding tert-OH is 1. The topological polar surface area (TPSA) is 75.1 Å². The minimum Gasteiger partial charge on any atom is -0.393 e. The lowest BCUT2D eigenvalue weighted by molar-refractivity contribution is 0.0228. The zero-order valence-electron chi connectivity index (χ0n) is 14.6. The summed E-state index contributed by atoms with van der Waals surface area (Å²) >= 11 is 0. The fraction of sp³-hybridized carbons (Fsp3) is 0.286. The van der Waals surface area contributed by atoms with Crippen molar-refractivity contribution in [1.82, 2.24) is 15.3 Å². The van der Waals surface area contributed by atoms with Crippen molar-refractivity contribution in [2.45, 2.75) is 31.9 Å². The number of pyridine rings is 2. The van der Waals surface area contributed by atoms with Gasteiger partial charge in [-0.1, -0.05) is 17.7 Å². The summed E-state index contributed by atoms with van der Waals surface area (Å²) in [5, 5.41) is 13.7. The van der Waals surface area contributed by atoms with Crippen molar-refractivity contribution in [3.05, 3.63) is 71.7 Å². The molecule has 0 saturated heterocycles. The van der Waals surface area contributed by atoms with Crippen LogP contribution < -0.4 is 5.32 Å². The smallest absolute Gasteiger partial charge is 0.252 e. The van der Waals surface area contributed by atoms with E-state index in [9.17, 15) is 9.90 Å². The molecule has 1 aliphatic carbocycles. The van der Waals surface area contributed by atoms with Crippen LogP contribution in [0.4, 0.5) is 0 Å². The Labute approximate surface area is 152 Å². The number of aryl methyl sites for hydroxylation is 1. The Hall–Kier alpha value is -2.79. The van der Waals surface area contributed by atoms with Crippen LogP contribution in [0.3, 0.4) is 0 Å². The number of amides is 1. The predicted molar refractivity (Wildman–Crippen MR) is 99.7 cm³/mol. The first-order chi connectivity index (χ1) is 12.6. The number of aliphatic hydroxyl groups is 1. The van der Waals surface area contributed by atoms with Crippen LogP contribution in [-0.2, 0) is 0 Å². The Morgan fingerprint density at radius 1 is 1.15 bits per heavy atom. The van der Waals surface area contributed by atoms with E-state index in [0.29, 0.717) is 18.4 Å². The quantitative estimate of drug-likeness (QED) is 0.760. The van der Waals surface area contributed by atoms with E-state index in [-0.39, 0.29) is 24.0 Å². The van der Waals surface area contributed by atoms with Crippen molar-refractivity contribution in [1.29, 1.82) is 0 Å². The van der Waals surface area contributed by atoms with Crippen molar-refractivity contribution in [2.24, 2.45) is 5.92 Å². The highest BCUT2D eigenvalue weighted by Gasteiger charge is 2.36. The summed E-state index contributed by atoms with van der Waals surface area (Å²) in [5.74, 6) is 0.0544. The minimum absolute atomic E-state index is 0.139. The molecule has 4 rings (SSSR count). The van der Waals surface area contributed by atoms with Crippen LogP contribution in [0.25, 0.3) is 10.9 Å². The Balaban J connectivity index is 1.66. The van der Waals surface area contributed by atoms with Crippen LogP contribution in [0, 0.1) is 12.8 Å². The first-order valence-electron chi connectivity index (χ1n) is 8.87. The van der Waals surface area contributed by atoms with Gasteiger partial charge in [0.05, 0.1) is 28.9 Å². The van der Waals surface area contributed by atoms with Crippen LogP contribution in [0.1, 0.15) is 40.5 Å². The molecule has 132 valence electrons. The molecule has 1 fully saturated rings. The highest BCUT2D eigenvalue weighted by atomic mass is 16.3. The second-order valence-electron chi connectivity index (χ2n) is 6.97. The average molecular weight is 347 g/mol. The van der Waals surface area contributed by atoms with E-state index < -0.39 is 0 Å². The molecule has 0 unspecified atom stereocenters. The molecule has 0 spiro atoms. The number of carbonyl (C=O) groups is 1. The highest BCUT2D eigenvalue weighted by Crippen LogP contribution is 2.37. The third-order valence-corrected chi connectivity index (χ3v) is 5.06. The molecule has 2 heterocycles. The fourth-order valence-electron chi connectivity index (χ4n) is 3.57. The molecule has 2 N–H and O–H groups in total. The molecule has 1 atom stereocenters. The molecule has 0 bridgehead atoms. The van der Waals surface area contributed by atoms with E-state index in [1.165, 1.54) is 0 Å². The lowest BCUT2D eigenvalue weighted by atomic mass is 9.76. The van der Waals surface area contributed by atoms with Gasteiger partial charge < -0.3 is 10.4 Å². The van der Waals surface area contributed by atoms with E-state index in [4.69, 9.17) is 0 Å². The summed E-state index contributed by atoms with van der Waals surface area (Å²) < 4.78 is 0. The predicted octanol–water partition coefficient (Wildman–Crippen LogP) is 3.18. The third-order valence-electron chi connectivity index (χ3n) is 5.06. The molecular formula is C21H21N3O2. The maximum absolute atomic E-state index is 13.1. The van der Waals surface area contributed by atoms with Gasteiger partial charge in [0.1, 0.15) is 0 Å². The molecular weight excluding hydrogens is 326 g/mol. The number of benzene rings is 1. The Morgan fingerprint density at radius 2 is 2.00 bits per heavy atom. The van der Waals surface area contributed by atoms with Gasteiger partial charge in [-0.3, -0.25) is 14.8 Å². The van der Waals surface area contributed by atoms with E-state index >= 15 is 0 Å². The number of rotatable bonds is 4. The van der Waals surface area contributed by atoms with Crippen LogP contribution in [-0.4, -0.2) is 27.1 Å². The second-order valence-corrected chi connectivity index (χ2v) is 6.97. The first kappa shape index (κ1) is 16.7. The SMILES string of the molecule is Cc1ccc2nccc(C(=O)N[C@@H](c3ccccn3)C3CC(O)C3)c2c1. The molecule has 3 aromatic rings. The monoisotopic (exact) mass is 347 g/mol. The molecule has 1 aliphatic rings. The summed E-state index contributed by atoms with van der Waals surface area (Å²) in [6.45, 7) is 2.00. The summed E-state index contributed by atoms with van der Waals surface area (Å²) in [7, 11) is 0. The van der Waals surface area contributed by atoms with Gasteiger partial charge in [0, 0.05) is 17.8 Å². The third kappa shape index (κ3) is 3.18. The van der Waals surface area contributed by atoms with Crippen molar-refractivity contribution >= 4 is 16.8 Å². The second kappa shape index (κ2) is 6.84. The molecule has 1 amide bonds. The normalized spacial score (nSPS) is 20.4. The molecule has 0 radical (unpaired) electrons. The standard InChI is InChI=1S/C21H21N3O2/c1-13-5-6-18-17(10-13)16(7-9-23-18)21(26)24-20(14-11-15(25)12-14)19-4-2-3-8-22-19/h2-10,14-15,20,25H,11-12H2,1H3,(H,24,26)/t14?,15?,20-/m1/s1. The summed E-state index contributed by atoms with van der Waals surface area (Å²) in [4.78, 5) is 21.8. The van der Waals surface area contributed by atoms with Gasteiger partial charge in [-0.25, -0.2) is 0 Å². The van der Waals surface area contributed by atoms with Gasteiger partial charge in [0.15, 0.2) is 0 Å². The van der Waals surface area contributed by atoms with Crippen molar-refractivity contribution in [3.63, 3.8) is 0 Å². The molecule has 5 heteroatoms. The largest absolute Gasteiger partial charge is 0.393 e. The Bertz CT molecular complexity index is 936. The molecule has 1 saturated carbocycles. The van der Waals surface area contributed by atoms with Crippen LogP contribution in [0.2, 0.25) is 0 Å². The molecule has 1 aromatic carbocycles. The summed E-state index contributed by atoms with van der Waals surface area (Å²) in [5.41, 5.74) is 3.33. The zero-order valence-corrected chi connectivity index (χ0v) is 14.6. The maximum atomic E-state index is 13.1. The van der Waals surface area contributed by atoms with E-state index in [1.807, 2.05) is 43.3 Å². The Kier molecular flexibility index (Phi) is 4.39. The van der Waals surface area contributed by atoms with Crippen LogP contribution >= 0.6 is 0 Å². The van der Waals surface area contributed by atoms with Gasteiger partial charge in [-0.05, 0) is 56.0 Å². The first-order valence-corrected chi connectivity index (χ1v) is 8.87. The van der Waals surface area contributed by atoms with E-state index in [0.717, 1.165) is 22.2 Å². The molecule has 5 nitrogen and oxygen atoms in total. The van der Waals surface area contributed by atoms with Crippen molar-refractivity contribution in [2.75, 3.05) is 0 Å². The molecule has 2 aromatic heterocycles. The lowest BCUT2D eigenvalue weighted by Crippen LogP contribution is -2.41. The number of aromatic nitrogens is 2. The van der Waals surface area contributed by atoms with E-state index in [2.05, 4.69) is 15.3 Å². The lowest BCUT2D eigenvalue weighted by Gasteiger charge is -2.37. The molecule has 0 aliphatic heterocycles. The van der Waals surface area contributed by atoms with Crippen molar-refractivity contribution < 1.29 is 9.90 Å². The zero-order chi connectivity index (χ0) is 18.1. The number of fused-ring (bicyclic) bond motifs is 1. The van der Waals surface area contributed by atoms with Gasteiger partial charge in [-0.15, -0.1) is 0 Å². The molecule has 26 heavy (non-hydrogen) atoms. The summed E-state index contributed by atoms with van der Waals surface area (Å²) in [6, 6.07) is 13.1. The van der Waals surface area contributed by atoms with E-state index in [1.54, 1.807) is 18.5 Å². The fourth-order valence-corrected chi connectivity index (χ4v) is 3.57. The van der Waals surface area contributed by atoms with Gasteiger partial charge in [0.2, 0.25) is 0 Å². The van der Waals surface area contributed by atoms with Gasteiger partial charge in [-0.2, -0.15) is 0 Å². The van der Waals surface area contributed by atoms with Crippen LogP contribution in [0.5, 0.6) is 0 Å². The van der Waals surface area contributed by atoms with Crippen LogP contribution in [0.15, 0.2) is 54.9 Å². The minimum atomic E-state index is -0.285. The number of hydrogen-bond acceptors (Lipinski definition) is 4. The number of nitrogens with zero attached hydrogens (tertiary/aromatic N) is 2. The number of hydrogen-bond donors (Lipinski definition) is 2. The number of nitrogens with one attached hydrogen (secondary N) is 1. The highest BCUT2D eigenvalue weighted by molar-refractivity contribution is 6.06. The summed E-state index contributed by atoms with van der Waals surface area (Å²) in [6.07, 6.45) is 4.46. The number of carbonyl (C=O) groups excluding carboxylic acids is 1. The Morgan fingerprint density at radius 3 is 2.73 bits per heavy atom. The average Bonchev–Trinajstić information content (AvgIpc) is 2.64. The maximum Gasteiger partial charge on any atom is 0.252 e. The van der Waals surface area contributed by atoms with Crippen molar-refractivity contribution in [3.8, 4) is 0 Å². The van der Waals surface area contributed by atoms with Gasteiger partial charge >= 0.3 is 0 Å². The van der Waals surface area contributed by atoms with Gasteiger partial charge in [0.25, 0.3) is 5.91 Å².